The van der Waals surface area contributed by atoms with Crippen molar-refractivity contribution < 1.29 is 4.79 Å². The van der Waals surface area contributed by atoms with E-state index in [9.17, 15) is 4.79 Å². The van der Waals surface area contributed by atoms with Gasteiger partial charge in [0.2, 0.25) is 5.91 Å². The second-order valence-electron chi connectivity index (χ2n) is 4.95. The molecule has 0 aromatic carbocycles. The van der Waals surface area contributed by atoms with E-state index in [4.69, 9.17) is 6.42 Å². The van der Waals surface area contributed by atoms with E-state index in [0.29, 0.717) is 19.5 Å². The molecule has 0 unspecified atom stereocenters. The van der Waals surface area contributed by atoms with Crippen molar-refractivity contribution >= 4 is 5.91 Å². The maximum absolute atomic E-state index is 11.8. The third kappa shape index (κ3) is 7.30. The Labute approximate surface area is 99.6 Å². The summed E-state index contributed by atoms with van der Waals surface area (Å²) in [5.74, 6) is 2.66. The SMILES string of the molecule is C#CCN(CCC)C(=O)CCNC(C)(C)C. The van der Waals surface area contributed by atoms with Crippen LogP contribution in [-0.4, -0.2) is 36.0 Å². The summed E-state index contributed by atoms with van der Waals surface area (Å²) in [7, 11) is 0. The molecule has 92 valence electrons. The van der Waals surface area contributed by atoms with E-state index in [1.807, 2.05) is 6.92 Å². The Kier molecular flexibility index (Phi) is 6.83. The normalized spacial score (nSPS) is 10.9. The van der Waals surface area contributed by atoms with Gasteiger partial charge in [-0.25, -0.2) is 0 Å². The molecular formula is C13H24N2O. The summed E-state index contributed by atoms with van der Waals surface area (Å²) in [6, 6.07) is 0. The number of terminal acetylenes is 1. The minimum absolute atomic E-state index is 0.0575. The first-order valence-corrected chi connectivity index (χ1v) is 5.87. The number of hydrogen-bond donors (Lipinski definition) is 1. The highest BCUT2D eigenvalue weighted by Gasteiger charge is 2.13. The summed E-state index contributed by atoms with van der Waals surface area (Å²) < 4.78 is 0. The van der Waals surface area contributed by atoms with Gasteiger partial charge in [0.15, 0.2) is 0 Å². The van der Waals surface area contributed by atoms with Crippen molar-refractivity contribution in [1.29, 1.82) is 0 Å². The predicted molar refractivity (Wildman–Crippen MR) is 68.1 cm³/mol. The number of nitrogens with one attached hydrogen (secondary N) is 1. The molecule has 0 aromatic rings. The van der Waals surface area contributed by atoms with Crippen molar-refractivity contribution in [3.05, 3.63) is 0 Å². The molecule has 0 saturated heterocycles. The fourth-order valence-electron chi connectivity index (χ4n) is 1.37. The average molecular weight is 224 g/mol. The lowest BCUT2D eigenvalue weighted by atomic mass is 10.1. The van der Waals surface area contributed by atoms with Crippen LogP contribution in [0.15, 0.2) is 0 Å². The fraction of sp³-hybridized carbons (Fsp3) is 0.769. The highest BCUT2D eigenvalue weighted by atomic mass is 16.2. The molecular weight excluding hydrogens is 200 g/mol. The molecule has 0 saturated carbocycles. The fourth-order valence-corrected chi connectivity index (χ4v) is 1.37. The van der Waals surface area contributed by atoms with Gasteiger partial charge in [0.1, 0.15) is 0 Å². The summed E-state index contributed by atoms with van der Waals surface area (Å²) in [4.78, 5) is 13.5. The Bertz CT molecular complexity index is 248. The smallest absolute Gasteiger partial charge is 0.224 e. The van der Waals surface area contributed by atoms with Gasteiger partial charge in [-0.1, -0.05) is 12.8 Å². The largest absolute Gasteiger partial charge is 0.332 e. The molecule has 3 nitrogen and oxygen atoms in total. The molecule has 0 atom stereocenters. The molecule has 0 spiro atoms. The second-order valence-corrected chi connectivity index (χ2v) is 4.95. The van der Waals surface area contributed by atoms with E-state index in [1.54, 1.807) is 4.90 Å². The van der Waals surface area contributed by atoms with Gasteiger partial charge in [-0.3, -0.25) is 4.79 Å². The maximum Gasteiger partial charge on any atom is 0.224 e. The standard InChI is InChI=1S/C13H24N2O/c1-6-10-15(11-7-2)12(16)8-9-14-13(3,4)5/h1,14H,7-11H2,2-5H3. The molecule has 0 rings (SSSR count). The van der Waals surface area contributed by atoms with E-state index in [2.05, 4.69) is 32.0 Å². The zero-order valence-corrected chi connectivity index (χ0v) is 11.0. The summed E-state index contributed by atoms with van der Waals surface area (Å²) in [6.45, 7) is 10.2. The van der Waals surface area contributed by atoms with E-state index in [0.717, 1.165) is 13.0 Å². The zero-order chi connectivity index (χ0) is 12.6. The van der Waals surface area contributed by atoms with Gasteiger partial charge in [0, 0.05) is 25.0 Å². The second kappa shape index (κ2) is 7.29. The Morgan fingerprint density at radius 2 is 2.06 bits per heavy atom. The van der Waals surface area contributed by atoms with E-state index >= 15 is 0 Å². The molecule has 1 amide bonds. The van der Waals surface area contributed by atoms with Crippen LogP contribution in [0.5, 0.6) is 0 Å². The maximum atomic E-state index is 11.8. The summed E-state index contributed by atoms with van der Waals surface area (Å²) in [5, 5.41) is 3.29. The quantitative estimate of drug-likeness (QED) is 0.696. The number of rotatable bonds is 6. The van der Waals surface area contributed by atoms with Crippen LogP contribution in [0.25, 0.3) is 0 Å². The molecule has 0 aliphatic carbocycles. The molecule has 0 aromatic heterocycles. The molecule has 0 aliphatic rings. The van der Waals surface area contributed by atoms with Gasteiger partial charge in [0.05, 0.1) is 6.54 Å². The van der Waals surface area contributed by atoms with E-state index in [1.165, 1.54) is 0 Å². The molecule has 0 aliphatic heterocycles. The molecule has 0 fully saturated rings. The Balaban J connectivity index is 3.97. The predicted octanol–water partition coefficient (Wildman–Crippen LogP) is 1.64. The highest BCUT2D eigenvalue weighted by molar-refractivity contribution is 5.76. The first-order valence-electron chi connectivity index (χ1n) is 5.87. The third-order valence-corrected chi connectivity index (χ3v) is 2.12. The van der Waals surface area contributed by atoms with Crippen molar-refractivity contribution in [3.8, 4) is 12.3 Å². The van der Waals surface area contributed by atoms with Crippen LogP contribution in [0.1, 0.15) is 40.5 Å². The first-order chi connectivity index (χ1) is 7.40. The van der Waals surface area contributed by atoms with Gasteiger partial charge in [-0.2, -0.15) is 0 Å². The minimum Gasteiger partial charge on any atom is -0.332 e. The van der Waals surface area contributed by atoms with Crippen LogP contribution < -0.4 is 5.32 Å². The number of hydrogen-bond acceptors (Lipinski definition) is 2. The van der Waals surface area contributed by atoms with Gasteiger partial charge < -0.3 is 10.2 Å². The summed E-state index contributed by atoms with van der Waals surface area (Å²) in [5.41, 5.74) is 0.0575. The van der Waals surface area contributed by atoms with Crippen LogP contribution in [0.2, 0.25) is 0 Å². The lowest BCUT2D eigenvalue weighted by molar-refractivity contribution is -0.130. The van der Waals surface area contributed by atoms with Crippen LogP contribution >= 0.6 is 0 Å². The van der Waals surface area contributed by atoms with Crippen molar-refractivity contribution in [2.45, 2.75) is 46.1 Å². The van der Waals surface area contributed by atoms with Crippen molar-refractivity contribution in [3.63, 3.8) is 0 Å². The monoisotopic (exact) mass is 224 g/mol. The molecule has 1 N–H and O–H groups in total. The van der Waals surface area contributed by atoms with Crippen molar-refractivity contribution in [2.24, 2.45) is 0 Å². The number of carbonyl (C=O) groups is 1. The number of carbonyl (C=O) groups excluding carboxylic acids is 1. The molecule has 0 bridgehead atoms. The Morgan fingerprint density at radius 3 is 2.50 bits per heavy atom. The topological polar surface area (TPSA) is 32.3 Å². The van der Waals surface area contributed by atoms with E-state index < -0.39 is 0 Å². The lowest BCUT2D eigenvalue weighted by Crippen LogP contribution is -2.40. The molecule has 3 heteroatoms. The Morgan fingerprint density at radius 1 is 1.44 bits per heavy atom. The minimum atomic E-state index is 0.0575. The van der Waals surface area contributed by atoms with Crippen LogP contribution in [0, 0.1) is 12.3 Å². The van der Waals surface area contributed by atoms with Crippen LogP contribution in [-0.2, 0) is 4.79 Å². The molecule has 16 heavy (non-hydrogen) atoms. The number of nitrogens with zero attached hydrogens (tertiary/aromatic N) is 1. The number of amides is 1. The Hall–Kier alpha value is -1.01. The van der Waals surface area contributed by atoms with Gasteiger partial charge in [0.25, 0.3) is 0 Å². The summed E-state index contributed by atoms with van der Waals surface area (Å²) in [6.07, 6.45) is 6.69. The third-order valence-electron chi connectivity index (χ3n) is 2.12. The van der Waals surface area contributed by atoms with Crippen LogP contribution in [0.3, 0.4) is 0 Å². The first kappa shape index (κ1) is 15.0. The van der Waals surface area contributed by atoms with E-state index in [-0.39, 0.29) is 11.4 Å². The van der Waals surface area contributed by atoms with Crippen molar-refractivity contribution in [1.82, 2.24) is 10.2 Å². The van der Waals surface area contributed by atoms with Gasteiger partial charge >= 0.3 is 0 Å². The average Bonchev–Trinajstić information content (AvgIpc) is 2.15. The molecule has 0 radical (unpaired) electrons. The highest BCUT2D eigenvalue weighted by Crippen LogP contribution is 2.00. The molecule has 0 heterocycles. The van der Waals surface area contributed by atoms with Gasteiger partial charge in [-0.05, 0) is 27.2 Å². The summed E-state index contributed by atoms with van der Waals surface area (Å²) >= 11 is 0. The van der Waals surface area contributed by atoms with Crippen molar-refractivity contribution in [2.75, 3.05) is 19.6 Å². The van der Waals surface area contributed by atoms with Gasteiger partial charge in [-0.15, -0.1) is 6.42 Å². The van der Waals surface area contributed by atoms with Crippen LogP contribution in [0.4, 0.5) is 0 Å². The zero-order valence-electron chi connectivity index (χ0n) is 11.0. The lowest BCUT2D eigenvalue weighted by Gasteiger charge is -2.23.